The molecular formula is C14H17ClN2O. The first kappa shape index (κ1) is 12.0. The monoisotopic (exact) mass is 264 g/mol. The highest BCUT2D eigenvalue weighted by molar-refractivity contribution is 6.31. The van der Waals surface area contributed by atoms with Gasteiger partial charge in [-0.3, -0.25) is 4.79 Å². The summed E-state index contributed by atoms with van der Waals surface area (Å²) in [6, 6.07) is 6.00. The second kappa shape index (κ2) is 4.56. The van der Waals surface area contributed by atoms with Crippen LogP contribution in [0.1, 0.15) is 24.8 Å². The Bertz CT molecular complexity index is 489. The molecule has 0 bridgehead atoms. The minimum absolute atomic E-state index is 0.102. The average molecular weight is 265 g/mol. The molecule has 1 amide bonds. The second-order valence-corrected chi connectivity index (χ2v) is 5.72. The summed E-state index contributed by atoms with van der Waals surface area (Å²) in [6.07, 6.45) is 3.64. The summed E-state index contributed by atoms with van der Waals surface area (Å²) in [5.41, 5.74) is 8.10. The number of benzene rings is 1. The second-order valence-electron chi connectivity index (χ2n) is 5.28. The molecule has 0 saturated heterocycles. The Kier molecular flexibility index (Phi) is 3.04. The lowest BCUT2D eigenvalue weighted by molar-refractivity contribution is -0.122. The molecular weight excluding hydrogens is 248 g/mol. The standard InChI is InChI=1S/C14H17ClN2O/c15-11-3-1-9-5-6-17(13(9)8-11)14(18)10-2-4-12(16)7-10/h1,3,8,10,12H,2,4-7,16H2. The largest absolute Gasteiger partial charge is 0.328 e. The molecule has 1 aliphatic heterocycles. The molecule has 2 unspecified atom stereocenters. The molecule has 2 N–H and O–H groups in total. The van der Waals surface area contributed by atoms with Crippen LogP contribution in [0.2, 0.25) is 5.02 Å². The van der Waals surface area contributed by atoms with Crippen LogP contribution in [-0.4, -0.2) is 18.5 Å². The van der Waals surface area contributed by atoms with Crippen molar-refractivity contribution in [3.8, 4) is 0 Å². The quantitative estimate of drug-likeness (QED) is 0.846. The van der Waals surface area contributed by atoms with Crippen LogP contribution < -0.4 is 10.6 Å². The summed E-state index contributed by atoms with van der Waals surface area (Å²) in [6.45, 7) is 0.778. The Balaban J connectivity index is 1.83. The van der Waals surface area contributed by atoms with E-state index in [0.29, 0.717) is 5.02 Å². The van der Waals surface area contributed by atoms with E-state index in [9.17, 15) is 4.79 Å². The van der Waals surface area contributed by atoms with Gasteiger partial charge in [-0.25, -0.2) is 0 Å². The van der Waals surface area contributed by atoms with E-state index in [1.165, 1.54) is 5.56 Å². The van der Waals surface area contributed by atoms with Gasteiger partial charge < -0.3 is 10.6 Å². The number of nitrogens with zero attached hydrogens (tertiary/aromatic N) is 1. The number of amides is 1. The number of fused-ring (bicyclic) bond motifs is 1. The summed E-state index contributed by atoms with van der Waals surface area (Å²) in [5, 5.41) is 0.691. The highest BCUT2D eigenvalue weighted by Gasteiger charge is 2.34. The van der Waals surface area contributed by atoms with Crippen LogP contribution in [-0.2, 0) is 11.2 Å². The van der Waals surface area contributed by atoms with Crippen molar-refractivity contribution in [2.24, 2.45) is 11.7 Å². The molecule has 2 aliphatic rings. The zero-order chi connectivity index (χ0) is 12.7. The molecule has 3 nitrogen and oxygen atoms in total. The van der Waals surface area contributed by atoms with Crippen molar-refractivity contribution >= 4 is 23.2 Å². The van der Waals surface area contributed by atoms with Crippen molar-refractivity contribution in [1.29, 1.82) is 0 Å². The fraction of sp³-hybridized carbons (Fsp3) is 0.500. The van der Waals surface area contributed by atoms with Gasteiger partial charge in [-0.2, -0.15) is 0 Å². The van der Waals surface area contributed by atoms with Crippen molar-refractivity contribution in [3.63, 3.8) is 0 Å². The molecule has 1 fully saturated rings. The maximum absolute atomic E-state index is 12.5. The van der Waals surface area contributed by atoms with E-state index in [0.717, 1.165) is 37.9 Å². The van der Waals surface area contributed by atoms with Crippen molar-refractivity contribution in [3.05, 3.63) is 28.8 Å². The van der Waals surface area contributed by atoms with Crippen LogP contribution in [0.4, 0.5) is 5.69 Å². The molecule has 1 saturated carbocycles. The molecule has 1 aromatic rings. The SMILES string of the molecule is NC1CCC(C(=O)N2CCc3ccc(Cl)cc32)C1. The predicted molar refractivity (Wildman–Crippen MR) is 72.8 cm³/mol. The van der Waals surface area contributed by atoms with Gasteiger partial charge in [-0.05, 0) is 43.4 Å². The third kappa shape index (κ3) is 2.02. The summed E-state index contributed by atoms with van der Waals surface area (Å²) < 4.78 is 0. The third-order valence-electron chi connectivity index (χ3n) is 4.03. The Morgan fingerprint density at radius 2 is 2.22 bits per heavy atom. The molecule has 2 atom stereocenters. The molecule has 96 valence electrons. The zero-order valence-corrected chi connectivity index (χ0v) is 11.0. The molecule has 1 aromatic carbocycles. The number of nitrogens with two attached hydrogens (primary N) is 1. The van der Waals surface area contributed by atoms with Gasteiger partial charge >= 0.3 is 0 Å². The smallest absolute Gasteiger partial charge is 0.230 e. The van der Waals surface area contributed by atoms with E-state index in [4.69, 9.17) is 17.3 Å². The van der Waals surface area contributed by atoms with E-state index in [2.05, 4.69) is 0 Å². The zero-order valence-electron chi connectivity index (χ0n) is 10.2. The lowest BCUT2D eigenvalue weighted by Gasteiger charge is -2.21. The third-order valence-corrected chi connectivity index (χ3v) is 4.27. The molecule has 3 rings (SSSR count). The van der Waals surface area contributed by atoms with E-state index in [1.807, 2.05) is 23.1 Å². The highest BCUT2D eigenvalue weighted by atomic mass is 35.5. The van der Waals surface area contributed by atoms with Crippen LogP contribution >= 0.6 is 11.6 Å². The van der Waals surface area contributed by atoms with Crippen LogP contribution in [0.15, 0.2) is 18.2 Å². The molecule has 0 spiro atoms. The Morgan fingerprint density at radius 1 is 1.39 bits per heavy atom. The molecule has 4 heteroatoms. The van der Waals surface area contributed by atoms with Gasteiger partial charge in [-0.1, -0.05) is 17.7 Å². The van der Waals surface area contributed by atoms with E-state index in [-0.39, 0.29) is 17.9 Å². The summed E-state index contributed by atoms with van der Waals surface area (Å²) in [7, 11) is 0. The van der Waals surface area contributed by atoms with E-state index >= 15 is 0 Å². The molecule has 18 heavy (non-hydrogen) atoms. The summed E-state index contributed by atoms with van der Waals surface area (Å²) >= 11 is 6.02. The van der Waals surface area contributed by atoms with Gasteiger partial charge in [0.15, 0.2) is 0 Å². The minimum Gasteiger partial charge on any atom is -0.328 e. The van der Waals surface area contributed by atoms with Gasteiger partial charge in [0.05, 0.1) is 0 Å². The van der Waals surface area contributed by atoms with Crippen molar-refractivity contribution in [1.82, 2.24) is 0 Å². The average Bonchev–Trinajstić information content (AvgIpc) is 2.94. The van der Waals surface area contributed by atoms with Crippen LogP contribution in [0.5, 0.6) is 0 Å². The number of hydrogen-bond donors (Lipinski definition) is 1. The van der Waals surface area contributed by atoms with Gasteiger partial charge in [0.2, 0.25) is 5.91 Å². The number of hydrogen-bond acceptors (Lipinski definition) is 2. The topological polar surface area (TPSA) is 46.3 Å². The summed E-state index contributed by atoms with van der Waals surface area (Å²) in [5.74, 6) is 0.328. The first-order valence-corrected chi connectivity index (χ1v) is 6.88. The highest BCUT2D eigenvalue weighted by Crippen LogP contribution is 2.34. The Labute approximate surface area is 112 Å². The van der Waals surface area contributed by atoms with Gasteiger partial charge in [0, 0.05) is 29.2 Å². The fourth-order valence-corrected chi connectivity index (χ4v) is 3.21. The molecule has 0 radical (unpaired) electrons. The molecule has 1 heterocycles. The number of halogens is 1. The number of carbonyl (C=O) groups is 1. The van der Waals surface area contributed by atoms with E-state index < -0.39 is 0 Å². The lowest BCUT2D eigenvalue weighted by atomic mass is 10.1. The molecule has 0 aromatic heterocycles. The Hall–Kier alpha value is -1.06. The predicted octanol–water partition coefficient (Wildman–Crippen LogP) is 2.36. The van der Waals surface area contributed by atoms with Gasteiger partial charge in [-0.15, -0.1) is 0 Å². The van der Waals surface area contributed by atoms with E-state index in [1.54, 1.807) is 0 Å². The van der Waals surface area contributed by atoms with Crippen LogP contribution in [0, 0.1) is 5.92 Å². The first-order chi connectivity index (χ1) is 8.65. The number of anilines is 1. The normalized spacial score (nSPS) is 26.4. The molecule has 1 aliphatic carbocycles. The van der Waals surface area contributed by atoms with Crippen LogP contribution in [0.25, 0.3) is 0 Å². The minimum atomic E-state index is 0.102. The maximum Gasteiger partial charge on any atom is 0.230 e. The van der Waals surface area contributed by atoms with Crippen LogP contribution in [0.3, 0.4) is 0 Å². The van der Waals surface area contributed by atoms with Crippen molar-refractivity contribution < 1.29 is 4.79 Å². The Morgan fingerprint density at radius 3 is 2.94 bits per heavy atom. The maximum atomic E-state index is 12.5. The first-order valence-electron chi connectivity index (χ1n) is 6.50. The fourth-order valence-electron chi connectivity index (χ4n) is 3.04. The number of rotatable bonds is 1. The van der Waals surface area contributed by atoms with Crippen molar-refractivity contribution in [2.75, 3.05) is 11.4 Å². The number of carbonyl (C=O) groups excluding carboxylic acids is 1. The lowest BCUT2D eigenvalue weighted by Crippen LogP contribution is -2.34. The van der Waals surface area contributed by atoms with Gasteiger partial charge in [0.25, 0.3) is 0 Å². The van der Waals surface area contributed by atoms with Gasteiger partial charge in [0.1, 0.15) is 0 Å². The van der Waals surface area contributed by atoms with Crippen molar-refractivity contribution in [2.45, 2.75) is 31.7 Å². The summed E-state index contributed by atoms with van der Waals surface area (Å²) in [4.78, 5) is 14.4.